The van der Waals surface area contributed by atoms with E-state index in [1.54, 1.807) is 0 Å². The van der Waals surface area contributed by atoms with Gasteiger partial charge < -0.3 is 0 Å². The van der Waals surface area contributed by atoms with E-state index >= 15 is 0 Å². The molecule has 0 spiro atoms. The van der Waals surface area contributed by atoms with Crippen LogP contribution in [0.5, 0.6) is 0 Å². The first-order chi connectivity index (χ1) is 33.2. The molecule has 12 aromatic carbocycles. The van der Waals surface area contributed by atoms with Crippen molar-refractivity contribution >= 4 is 138 Å². The standard InChI is InChI=1S/C64H36S3/c1-3-18-47-45(16-1)60(37-28-31-42-40-14-9-11-26-55(40)65-57(42)34-37)46-17-2-4-19-48(46)61(47)39-30-33-44-53-24-13-25-54(64(53)67-59(44)36-39)63-51-22-7-5-20-49(51)62(50-21-6-8-23-52(50)63)38-29-32-43-41-15-10-12-27-56(41)66-58(43)35-38/h1-36H. The second kappa shape index (κ2) is 14.4. The molecule has 3 aromatic heterocycles. The number of thiophene rings is 3. The molecule has 0 bridgehead atoms. The molecule has 0 fully saturated rings. The summed E-state index contributed by atoms with van der Waals surface area (Å²) in [5.41, 5.74) is 10.2. The summed E-state index contributed by atoms with van der Waals surface area (Å²) in [5, 5.41) is 18.2. The van der Waals surface area contributed by atoms with E-state index < -0.39 is 0 Å². The molecule has 67 heavy (non-hydrogen) atoms. The van der Waals surface area contributed by atoms with E-state index in [0.717, 1.165) is 0 Å². The van der Waals surface area contributed by atoms with E-state index in [1.807, 2.05) is 34.0 Å². The highest BCUT2D eigenvalue weighted by molar-refractivity contribution is 7.27. The lowest BCUT2D eigenvalue weighted by Gasteiger charge is -2.18. The molecule has 0 aliphatic rings. The van der Waals surface area contributed by atoms with Crippen LogP contribution >= 0.6 is 34.0 Å². The highest BCUT2D eigenvalue weighted by Crippen LogP contribution is 2.51. The van der Waals surface area contributed by atoms with Crippen LogP contribution in [0.4, 0.5) is 0 Å². The van der Waals surface area contributed by atoms with Crippen LogP contribution in [0, 0.1) is 0 Å². The highest BCUT2D eigenvalue weighted by Gasteiger charge is 2.22. The Morgan fingerprint density at radius 3 is 0.896 bits per heavy atom. The summed E-state index contributed by atoms with van der Waals surface area (Å²) < 4.78 is 7.94. The first-order valence-electron chi connectivity index (χ1n) is 22.9. The fourth-order valence-corrected chi connectivity index (χ4v) is 14.9. The van der Waals surface area contributed by atoms with E-state index in [9.17, 15) is 0 Å². The molecule has 3 heteroatoms. The van der Waals surface area contributed by atoms with Gasteiger partial charge in [0.15, 0.2) is 0 Å². The van der Waals surface area contributed by atoms with Gasteiger partial charge in [-0.05, 0) is 112 Å². The molecule has 0 nitrogen and oxygen atoms in total. The van der Waals surface area contributed by atoms with Crippen molar-refractivity contribution in [3.63, 3.8) is 0 Å². The van der Waals surface area contributed by atoms with Crippen molar-refractivity contribution < 1.29 is 0 Å². The zero-order valence-electron chi connectivity index (χ0n) is 36.0. The van der Waals surface area contributed by atoms with Crippen molar-refractivity contribution in [2.75, 3.05) is 0 Å². The zero-order chi connectivity index (χ0) is 43.7. The number of hydrogen-bond donors (Lipinski definition) is 0. The van der Waals surface area contributed by atoms with Gasteiger partial charge in [-0.1, -0.05) is 188 Å². The molecule has 0 unspecified atom stereocenters. The van der Waals surface area contributed by atoms with E-state index in [4.69, 9.17) is 0 Å². The van der Waals surface area contributed by atoms with Gasteiger partial charge in [0, 0.05) is 66.1 Å². The van der Waals surface area contributed by atoms with Gasteiger partial charge in [0.05, 0.1) is 0 Å². The Morgan fingerprint density at radius 1 is 0.194 bits per heavy atom. The second-order valence-electron chi connectivity index (χ2n) is 17.8. The van der Waals surface area contributed by atoms with Crippen molar-refractivity contribution in [1.29, 1.82) is 0 Å². The highest BCUT2D eigenvalue weighted by atomic mass is 32.1. The van der Waals surface area contributed by atoms with Gasteiger partial charge in [-0.25, -0.2) is 0 Å². The first-order valence-corrected chi connectivity index (χ1v) is 25.3. The number of hydrogen-bond acceptors (Lipinski definition) is 3. The van der Waals surface area contributed by atoms with E-state index in [2.05, 4.69) is 218 Å². The van der Waals surface area contributed by atoms with Crippen molar-refractivity contribution in [3.8, 4) is 44.5 Å². The van der Waals surface area contributed by atoms with Crippen LogP contribution in [0.15, 0.2) is 218 Å². The average Bonchev–Trinajstić information content (AvgIpc) is 4.07. The molecule has 15 rings (SSSR count). The van der Waals surface area contributed by atoms with Crippen LogP contribution in [0.2, 0.25) is 0 Å². The van der Waals surface area contributed by atoms with Gasteiger partial charge >= 0.3 is 0 Å². The maximum absolute atomic E-state index is 2.46. The molecule has 15 aromatic rings. The summed E-state index contributed by atoms with van der Waals surface area (Å²) in [4.78, 5) is 0. The topological polar surface area (TPSA) is 0 Å². The normalized spacial score (nSPS) is 12.2. The van der Waals surface area contributed by atoms with Crippen LogP contribution in [-0.2, 0) is 0 Å². The van der Waals surface area contributed by atoms with Crippen LogP contribution in [0.3, 0.4) is 0 Å². The number of benzene rings is 12. The average molecular weight is 901 g/mol. The van der Waals surface area contributed by atoms with Gasteiger partial charge in [-0.3, -0.25) is 0 Å². The van der Waals surface area contributed by atoms with Crippen LogP contribution in [0.1, 0.15) is 0 Å². The SMILES string of the molecule is c1ccc2c(c1)sc1cc(-c3c4ccccc4c(-c4ccc5c(c4)sc4c(-c6c7ccccc7c(-c7ccc8c(c7)sc7ccccc78)c7ccccc67)cccc45)c4ccccc34)ccc12. The summed E-state index contributed by atoms with van der Waals surface area (Å²) in [6, 6.07) is 82.1. The molecule has 0 saturated carbocycles. The van der Waals surface area contributed by atoms with Crippen molar-refractivity contribution in [1.82, 2.24) is 0 Å². The van der Waals surface area contributed by atoms with Crippen LogP contribution in [0.25, 0.3) is 148 Å². The molecule has 0 saturated heterocycles. The van der Waals surface area contributed by atoms with Gasteiger partial charge in [0.1, 0.15) is 0 Å². The number of rotatable bonds is 4. The minimum absolute atomic E-state index is 1.25. The lowest BCUT2D eigenvalue weighted by molar-refractivity contribution is 1.70. The Kier molecular flexibility index (Phi) is 8.08. The Labute approximate surface area is 397 Å². The third-order valence-corrected chi connectivity index (χ3v) is 17.7. The quantitative estimate of drug-likeness (QED) is 0.154. The Hall–Kier alpha value is -7.66. The largest absolute Gasteiger partial charge is 0.135 e. The molecular weight excluding hydrogens is 865 g/mol. The summed E-state index contributed by atoms with van der Waals surface area (Å²) >= 11 is 5.70. The second-order valence-corrected chi connectivity index (χ2v) is 21.0. The molecule has 0 amide bonds. The Morgan fingerprint density at radius 2 is 0.493 bits per heavy atom. The minimum Gasteiger partial charge on any atom is -0.135 e. The Bertz CT molecular complexity index is 4460. The van der Waals surface area contributed by atoms with Gasteiger partial charge in [0.25, 0.3) is 0 Å². The van der Waals surface area contributed by atoms with Crippen molar-refractivity contribution in [2.45, 2.75) is 0 Å². The third-order valence-electron chi connectivity index (χ3n) is 14.3. The lowest BCUT2D eigenvalue weighted by atomic mass is 9.85. The van der Waals surface area contributed by atoms with Gasteiger partial charge in [0.2, 0.25) is 0 Å². The van der Waals surface area contributed by atoms with Gasteiger partial charge in [-0.2, -0.15) is 0 Å². The van der Waals surface area contributed by atoms with E-state index in [1.165, 1.54) is 148 Å². The lowest BCUT2D eigenvalue weighted by Crippen LogP contribution is -1.91. The maximum atomic E-state index is 2.46. The molecule has 3 heterocycles. The molecule has 0 aliphatic heterocycles. The van der Waals surface area contributed by atoms with E-state index in [-0.39, 0.29) is 0 Å². The number of fused-ring (bicyclic) bond motifs is 13. The van der Waals surface area contributed by atoms with Crippen molar-refractivity contribution in [3.05, 3.63) is 218 Å². The summed E-state index contributed by atoms with van der Waals surface area (Å²) in [7, 11) is 0. The summed E-state index contributed by atoms with van der Waals surface area (Å²) in [6.07, 6.45) is 0. The van der Waals surface area contributed by atoms with Gasteiger partial charge in [-0.15, -0.1) is 34.0 Å². The zero-order valence-corrected chi connectivity index (χ0v) is 38.5. The van der Waals surface area contributed by atoms with E-state index in [0.29, 0.717) is 0 Å². The van der Waals surface area contributed by atoms with Crippen LogP contribution < -0.4 is 0 Å². The first kappa shape index (κ1) is 37.5. The van der Waals surface area contributed by atoms with Crippen molar-refractivity contribution in [2.24, 2.45) is 0 Å². The Balaban J connectivity index is 0.925. The fourth-order valence-electron chi connectivity index (χ4n) is 11.4. The fraction of sp³-hybridized carbons (Fsp3) is 0. The minimum atomic E-state index is 1.25. The molecule has 310 valence electrons. The van der Waals surface area contributed by atoms with Crippen LogP contribution in [-0.4, -0.2) is 0 Å². The summed E-state index contributed by atoms with van der Waals surface area (Å²) in [5.74, 6) is 0. The molecule has 0 N–H and O–H groups in total. The maximum Gasteiger partial charge on any atom is 0.0434 e. The molecular formula is C64H36S3. The molecule has 0 radical (unpaired) electrons. The smallest absolute Gasteiger partial charge is 0.0434 e. The predicted octanol–water partition coefficient (Wildman–Crippen LogP) is 20.1. The monoisotopic (exact) mass is 900 g/mol. The third kappa shape index (κ3) is 5.51. The summed E-state index contributed by atoms with van der Waals surface area (Å²) in [6.45, 7) is 0. The molecule has 0 atom stereocenters. The molecule has 0 aliphatic carbocycles. The predicted molar refractivity (Wildman–Crippen MR) is 297 cm³/mol.